The van der Waals surface area contributed by atoms with Gasteiger partial charge in [-0.05, 0) is 5.56 Å². The van der Waals surface area contributed by atoms with Crippen molar-refractivity contribution in [3.63, 3.8) is 0 Å². The Bertz CT molecular complexity index is 474. The Kier molecular flexibility index (Phi) is 2.94. The second-order valence-electron chi connectivity index (χ2n) is 3.04. The van der Waals surface area contributed by atoms with Gasteiger partial charge in [-0.3, -0.25) is 0 Å². The Hall–Kier alpha value is -1.45. The average Bonchev–Trinajstić information content (AvgIpc) is 2.29. The number of benzene rings is 1. The largest absolute Gasteiger partial charge is 0.392 e. The Balaban J connectivity index is 2.53. The Labute approximate surface area is 92.4 Å². The van der Waals surface area contributed by atoms with Crippen LogP contribution in [0.1, 0.15) is 5.56 Å². The van der Waals surface area contributed by atoms with Crippen LogP contribution in [0.3, 0.4) is 0 Å². The second kappa shape index (κ2) is 4.38. The number of nitrogens with zero attached hydrogens (tertiary/aromatic N) is 2. The fourth-order valence-electron chi connectivity index (χ4n) is 1.39. The van der Waals surface area contributed by atoms with Crippen LogP contribution in [0.25, 0.3) is 11.3 Å². The minimum Gasteiger partial charge on any atom is -0.392 e. The van der Waals surface area contributed by atoms with Crippen molar-refractivity contribution in [1.82, 2.24) is 9.97 Å². The third-order valence-corrected chi connectivity index (χ3v) is 2.30. The Morgan fingerprint density at radius 3 is 2.73 bits per heavy atom. The minimum atomic E-state index is -0.0161. The van der Waals surface area contributed by atoms with E-state index in [4.69, 9.17) is 11.6 Å². The number of hydrogen-bond acceptors (Lipinski definition) is 3. The fourth-order valence-corrected chi connectivity index (χ4v) is 1.54. The van der Waals surface area contributed by atoms with Crippen LogP contribution in [0.15, 0.2) is 36.7 Å². The third-order valence-electron chi connectivity index (χ3n) is 2.10. The molecule has 0 spiro atoms. The predicted molar refractivity (Wildman–Crippen MR) is 58.4 cm³/mol. The fraction of sp³-hybridized carbons (Fsp3) is 0.0909. The maximum absolute atomic E-state index is 9.17. The molecule has 0 aliphatic rings. The summed E-state index contributed by atoms with van der Waals surface area (Å²) < 4.78 is 0. The van der Waals surface area contributed by atoms with Crippen molar-refractivity contribution in [2.45, 2.75) is 6.61 Å². The van der Waals surface area contributed by atoms with E-state index in [2.05, 4.69) is 9.97 Å². The third kappa shape index (κ3) is 2.14. The van der Waals surface area contributed by atoms with Crippen LogP contribution >= 0.6 is 11.6 Å². The SMILES string of the molecule is OCc1ccccc1-c1cc(Cl)ncn1. The molecule has 0 aliphatic carbocycles. The summed E-state index contributed by atoms with van der Waals surface area (Å²) in [4.78, 5) is 7.92. The molecule has 1 heterocycles. The molecule has 0 aliphatic heterocycles. The summed E-state index contributed by atoms with van der Waals surface area (Å²) in [5, 5.41) is 9.57. The van der Waals surface area contributed by atoms with Gasteiger partial charge >= 0.3 is 0 Å². The van der Waals surface area contributed by atoms with Gasteiger partial charge in [0.15, 0.2) is 0 Å². The van der Waals surface area contributed by atoms with Gasteiger partial charge in [0.1, 0.15) is 11.5 Å². The molecule has 2 rings (SSSR count). The van der Waals surface area contributed by atoms with Gasteiger partial charge in [-0.1, -0.05) is 35.9 Å². The molecule has 1 aromatic carbocycles. The lowest BCUT2D eigenvalue weighted by atomic mass is 10.1. The van der Waals surface area contributed by atoms with E-state index in [1.54, 1.807) is 6.07 Å². The zero-order chi connectivity index (χ0) is 10.7. The highest BCUT2D eigenvalue weighted by atomic mass is 35.5. The summed E-state index contributed by atoms with van der Waals surface area (Å²) in [6, 6.07) is 9.19. The van der Waals surface area contributed by atoms with Crippen LogP contribution in [0.2, 0.25) is 5.15 Å². The van der Waals surface area contributed by atoms with Gasteiger partial charge in [0.2, 0.25) is 0 Å². The number of hydrogen-bond donors (Lipinski definition) is 1. The topological polar surface area (TPSA) is 46.0 Å². The number of halogens is 1. The van der Waals surface area contributed by atoms with Crippen molar-refractivity contribution in [3.8, 4) is 11.3 Å². The van der Waals surface area contributed by atoms with Crippen molar-refractivity contribution >= 4 is 11.6 Å². The molecule has 76 valence electrons. The van der Waals surface area contributed by atoms with Crippen molar-refractivity contribution in [3.05, 3.63) is 47.4 Å². The summed E-state index contributed by atoms with van der Waals surface area (Å²) >= 11 is 5.78. The van der Waals surface area contributed by atoms with Crippen LogP contribution in [0, 0.1) is 0 Å². The van der Waals surface area contributed by atoms with Crippen LogP contribution < -0.4 is 0 Å². The van der Waals surface area contributed by atoms with Crippen LogP contribution in [-0.4, -0.2) is 15.1 Å². The van der Waals surface area contributed by atoms with Crippen molar-refractivity contribution in [2.24, 2.45) is 0 Å². The highest BCUT2D eigenvalue weighted by Crippen LogP contribution is 2.22. The van der Waals surface area contributed by atoms with Gasteiger partial charge in [0.25, 0.3) is 0 Å². The van der Waals surface area contributed by atoms with E-state index in [1.165, 1.54) is 6.33 Å². The molecule has 0 saturated carbocycles. The highest BCUT2D eigenvalue weighted by Gasteiger charge is 2.05. The molecule has 0 amide bonds. The van der Waals surface area contributed by atoms with Gasteiger partial charge in [0.05, 0.1) is 12.3 Å². The van der Waals surface area contributed by atoms with Gasteiger partial charge < -0.3 is 5.11 Å². The number of aromatic nitrogens is 2. The van der Waals surface area contributed by atoms with Gasteiger partial charge in [-0.2, -0.15) is 0 Å². The zero-order valence-corrected chi connectivity index (χ0v) is 8.65. The first-order valence-electron chi connectivity index (χ1n) is 4.48. The summed E-state index contributed by atoms with van der Waals surface area (Å²) in [5.41, 5.74) is 2.43. The summed E-state index contributed by atoms with van der Waals surface area (Å²) in [7, 11) is 0. The van der Waals surface area contributed by atoms with E-state index in [1.807, 2.05) is 24.3 Å². The lowest BCUT2D eigenvalue weighted by molar-refractivity contribution is 0.282. The molecule has 4 heteroatoms. The van der Waals surface area contributed by atoms with E-state index in [0.29, 0.717) is 5.15 Å². The van der Waals surface area contributed by atoms with Gasteiger partial charge in [-0.15, -0.1) is 0 Å². The number of aliphatic hydroxyl groups excluding tert-OH is 1. The summed E-state index contributed by atoms with van der Waals surface area (Å²) in [6.07, 6.45) is 1.41. The molecule has 0 saturated heterocycles. The van der Waals surface area contributed by atoms with Crippen LogP contribution in [-0.2, 0) is 6.61 Å². The van der Waals surface area contributed by atoms with E-state index < -0.39 is 0 Å². The molecule has 3 nitrogen and oxygen atoms in total. The van der Waals surface area contributed by atoms with Gasteiger partial charge in [0, 0.05) is 11.6 Å². The first-order valence-corrected chi connectivity index (χ1v) is 4.86. The minimum absolute atomic E-state index is 0.0161. The highest BCUT2D eigenvalue weighted by molar-refractivity contribution is 6.29. The normalized spacial score (nSPS) is 10.3. The summed E-state index contributed by atoms with van der Waals surface area (Å²) in [5.74, 6) is 0. The molecular formula is C11H9ClN2O. The molecule has 1 N–H and O–H groups in total. The molecule has 0 radical (unpaired) electrons. The number of aliphatic hydroxyl groups is 1. The molecule has 0 bridgehead atoms. The van der Waals surface area contributed by atoms with Crippen LogP contribution in [0.5, 0.6) is 0 Å². The molecular weight excluding hydrogens is 212 g/mol. The molecule has 15 heavy (non-hydrogen) atoms. The molecule has 0 atom stereocenters. The maximum atomic E-state index is 9.17. The van der Waals surface area contributed by atoms with Crippen molar-refractivity contribution < 1.29 is 5.11 Å². The Morgan fingerprint density at radius 2 is 2.00 bits per heavy atom. The van der Waals surface area contributed by atoms with E-state index in [-0.39, 0.29) is 6.61 Å². The summed E-state index contributed by atoms with van der Waals surface area (Å²) in [6.45, 7) is -0.0161. The first-order chi connectivity index (χ1) is 7.31. The second-order valence-corrected chi connectivity index (χ2v) is 3.43. The molecule has 2 aromatic rings. The molecule has 0 fully saturated rings. The first kappa shape index (κ1) is 10.1. The van der Waals surface area contributed by atoms with Crippen LogP contribution in [0.4, 0.5) is 0 Å². The monoisotopic (exact) mass is 220 g/mol. The standard InChI is InChI=1S/C11H9ClN2O/c12-11-5-10(13-7-14-11)9-4-2-1-3-8(9)6-15/h1-5,7,15H,6H2. The lowest BCUT2D eigenvalue weighted by Crippen LogP contribution is -1.91. The van der Waals surface area contributed by atoms with Crippen molar-refractivity contribution in [1.29, 1.82) is 0 Å². The number of rotatable bonds is 2. The smallest absolute Gasteiger partial charge is 0.133 e. The molecule has 0 unspecified atom stereocenters. The predicted octanol–water partition coefficient (Wildman–Crippen LogP) is 2.29. The Morgan fingerprint density at radius 1 is 1.20 bits per heavy atom. The molecule has 1 aromatic heterocycles. The van der Waals surface area contributed by atoms with E-state index in [9.17, 15) is 5.11 Å². The maximum Gasteiger partial charge on any atom is 0.133 e. The van der Waals surface area contributed by atoms with Crippen molar-refractivity contribution in [2.75, 3.05) is 0 Å². The van der Waals surface area contributed by atoms with E-state index in [0.717, 1.165) is 16.8 Å². The van der Waals surface area contributed by atoms with E-state index >= 15 is 0 Å². The quantitative estimate of drug-likeness (QED) is 0.790. The zero-order valence-electron chi connectivity index (χ0n) is 7.89. The lowest BCUT2D eigenvalue weighted by Gasteiger charge is -2.05. The van der Waals surface area contributed by atoms with Gasteiger partial charge in [-0.25, -0.2) is 9.97 Å². The average molecular weight is 221 g/mol.